The summed E-state index contributed by atoms with van der Waals surface area (Å²) >= 11 is 0. The Morgan fingerprint density at radius 3 is 1.52 bits per heavy atom. The first-order chi connectivity index (χ1) is 23.8. The summed E-state index contributed by atoms with van der Waals surface area (Å²) in [6, 6.07) is 63.4. The van der Waals surface area contributed by atoms with Gasteiger partial charge in [0, 0.05) is 0 Å². The third kappa shape index (κ3) is 3.44. The van der Waals surface area contributed by atoms with Crippen molar-refractivity contribution in [2.75, 3.05) is 0 Å². The normalized spacial score (nSPS) is 12.2. The first-order valence-corrected chi connectivity index (χ1v) is 16.8. The van der Waals surface area contributed by atoms with Crippen LogP contribution in [0.1, 0.15) is 0 Å². The van der Waals surface area contributed by atoms with Crippen molar-refractivity contribution in [1.29, 1.82) is 0 Å². The molecule has 0 radical (unpaired) electrons. The van der Waals surface area contributed by atoms with Gasteiger partial charge in [-0.15, -0.1) is 0 Å². The Bertz CT molecular complexity index is 3090. The minimum Gasteiger partial charge on any atom is -0.0616 e. The molecule has 0 aromatic heterocycles. The SMILES string of the molecule is c1ccc2c(c1)cc(-c1c3ccccc3c(-c3ccc4ccc5cccc6ccc3c4c56)c3ccc4ccccc4c13)c1ccccc12. The summed E-state index contributed by atoms with van der Waals surface area (Å²) in [6.45, 7) is 0. The average molecular weight is 605 g/mol. The number of hydrogen-bond donors (Lipinski definition) is 0. The van der Waals surface area contributed by atoms with Gasteiger partial charge in [-0.1, -0.05) is 164 Å². The van der Waals surface area contributed by atoms with Crippen molar-refractivity contribution < 1.29 is 0 Å². The van der Waals surface area contributed by atoms with Crippen LogP contribution >= 0.6 is 0 Å². The topological polar surface area (TPSA) is 0 Å². The van der Waals surface area contributed by atoms with Gasteiger partial charge in [-0.3, -0.25) is 0 Å². The molecule has 220 valence electrons. The van der Waals surface area contributed by atoms with Crippen LogP contribution in [-0.2, 0) is 0 Å². The zero-order valence-electron chi connectivity index (χ0n) is 26.2. The quantitative estimate of drug-likeness (QED) is 0.136. The van der Waals surface area contributed by atoms with Gasteiger partial charge in [0.25, 0.3) is 0 Å². The molecule has 11 aromatic rings. The molecular weight excluding hydrogens is 577 g/mol. The molecule has 0 saturated carbocycles. The van der Waals surface area contributed by atoms with E-state index in [1.807, 2.05) is 0 Å². The lowest BCUT2D eigenvalue weighted by atomic mass is 9.81. The highest BCUT2D eigenvalue weighted by atomic mass is 14.2. The summed E-state index contributed by atoms with van der Waals surface area (Å²) in [4.78, 5) is 0. The smallest absolute Gasteiger partial charge is 0.00137 e. The molecule has 0 saturated heterocycles. The van der Waals surface area contributed by atoms with E-state index < -0.39 is 0 Å². The van der Waals surface area contributed by atoms with Gasteiger partial charge in [0.1, 0.15) is 0 Å². The maximum atomic E-state index is 2.43. The maximum Gasteiger partial charge on any atom is -0.00137 e. The molecule has 48 heavy (non-hydrogen) atoms. The van der Waals surface area contributed by atoms with Gasteiger partial charge in [-0.2, -0.15) is 0 Å². The van der Waals surface area contributed by atoms with Crippen molar-refractivity contribution >= 4 is 86.2 Å². The molecule has 0 spiro atoms. The van der Waals surface area contributed by atoms with Crippen LogP contribution in [0.25, 0.3) is 108 Å². The van der Waals surface area contributed by atoms with E-state index in [1.54, 1.807) is 0 Å². The maximum absolute atomic E-state index is 2.43. The largest absolute Gasteiger partial charge is 0.0616 e. The number of rotatable bonds is 2. The van der Waals surface area contributed by atoms with Crippen LogP contribution in [0.15, 0.2) is 170 Å². The lowest BCUT2D eigenvalue weighted by molar-refractivity contribution is 1.71. The highest BCUT2D eigenvalue weighted by molar-refractivity contribution is 6.33. The van der Waals surface area contributed by atoms with E-state index >= 15 is 0 Å². The van der Waals surface area contributed by atoms with E-state index in [4.69, 9.17) is 0 Å². The summed E-state index contributed by atoms with van der Waals surface area (Å²) in [6.07, 6.45) is 0. The van der Waals surface area contributed by atoms with Gasteiger partial charge < -0.3 is 0 Å². The van der Waals surface area contributed by atoms with Gasteiger partial charge in [-0.25, -0.2) is 0 Å². The highest BCUT2D eigenvalue weighted by Crippen LogP contribution is 2.50. The van der Waals surface area contributed by atoms with Crippen LogP contribution in [-0.4, -0.2) is 0 Å². The van der Waals surface area contributed by atoms with Crippen molar-refractivity contribution in [3.05, 3.63) is 170 Å². The molecule has 11 rings (SSSR count). The lowest BCUT2D eigenvalue weighted by Crippen LogP contribution is -1.94. The predicted molar refractivity (Wildman–Crippen MR) is 209 cm³/mol. The van der Waals surface area contributed by atoms with Crippen LogP contribution in [0, 0.1) is 0 Å². The van der Waals surface area contributed by atoms with Gasteiger partial charge in [0.2, 0.25) is 0 Å². The summed E-state index contributed by atoms with van der Waals surface area (Å²) in [5.74, 6) is 0. The second-order valence-corrected chi connectivity index (χ2v) is 13.2. The summed E-state index contributed by atoms with van der Waals surface area (Å²) in [5, 5.41) is 20.7. The first kappa shape index (κ1) is 25.9. The second kappa shape index (κ2) is 9.64. The molecule has 0 aliphatic rings. The minimum atomic E-state index is 1.26. The highest BCUT2D eigenvalue weighted by Gasteiger charge is 2.22. The van der Waals surface area contributed by atoms with Crippen molar-refractivity contribution in [2.45, 2.75) is 0 Å². The van der Waals surface area contributed by atoms with E-state index in [-0.39, 0.29) is 0 Å². The Hall–Kier alpha value is -6.24. The van der Waals surface area contributed by atoms with E-state index in [0.29, 0.717) is 0 Å². The molecule has 11 aromatic carbocycles. The fraction of sp³-hybridized carbons (Fsp3) is 0. The zero-order valence-corrected chi connectivity index (χ0v) is 26.2. The molecule has 0 nitrogen and oxygen atoms in total. The van der Waals surface area contributed by atoms with Gasteiger partial charge in [-0.05, 0) is 114 Å². The third-order valence-electron chi connectivity index (χ3n) is 10.7. The Labute approximate surface area is 277 Å². The van der Waals surface area contributed by atoms with Crippen LogP contribution in [0.4, 0.5) is 0 Å². The van der Waals surface area contributed by atoms with Crippen LogP contribution in [0.3, 0.4) is 0 Å². The van der Waals surface area contributed by atoms with Crippen molar-refractivity contribution in [2.24, 2.45) is 0 Å². The van der Waals surface area contributed by atoms with E-state index in [2.05, 4.69) is 170 Å². The molecule has 0 heteroatoms. The number of fused-ring (bicyclic) bond motifs is 7. The van der Waals surface area contributed by atoms with Gasteiger partial charge >= 0.3 is 0 Å². The molecule has 0 amide bonds. The minimum absolute atomic E-state index is 1.26. The monoisotopic (exact) mass is 604 g/mol. The van der Waals surface area contributed by atoms with Gasteiger partial charge in [0.15, 0.2) is 0 Å². The summed E-state index contributed by atoms with van der Waals surface area (Å²) < 4.78 is 0. The Morgan fingerprint density at radius 1 is 0.208 bits per heavy atom. The Kier molecular flexibility index (Phi) is 5.20. The molecular formula is C48H28. The van der Waals surface area contributed by atoms with Crippen LogP contribution in [0.2, 0.25) is 0 Å². The molecule has 0 atom stereocenters. The Balaban J connectivity index is 1.38. The van der Waals surface area contributed by atoms with E-state index in [9.17, 15) is 0 Å². The van der Waals surface area contributed by atoms with Crippen molar-refractivity contribution in [1.82, 2.24) is 0 Å². The first-order valence-electron chi connectivity index (χ1n) is 16.8. The predicted octanol–water partition coefficient (Wildman–Crippen LogP) is 13.7. The molecule has 0 aliphatic heterocycles. The second-order valence-electron chi connectivity index (χ2n) is 13.2. The van der Waals surface area contributed by atoms with Gasteiger partial charge in [0.05, 0.1) is 0 Å². The van der Waals surface area contributed by atoms with E-state index in [0.717, 1.165) is 0 Å². The fourth-order valence-corrected chi connectivity index (χ4v) is 8.73. The number of benzene rings is 11. The molecule has 0 heterocycles. The van der Waals surface area contributed by atoms with Crippen LogP contribution < -0.4 is 0 Å². The van der Waals surface area contributed by atoms with Crippen LogP contribution in [0.5, 0.6) is 0 Å². The zero-order chi connectivity index (χ0) is 31.3. The Morgan fingerprint density at radius 2 is 0.729 bits per heavy atom. The standard InChI is InChI=1S/C48H28/c1-4-15-35-29(10-1)22-27-42-46(41-26-24-32-21-20-30-12-9-13-31-23-25-40(41)45(32)44(30)31)38-18-7-8-19-39(38)48(47(35)42)43-28-33-11-2-3-14-34(33)36-16-5-6-17-37(36)43/h1-28H. The summed E-state index contributed by atoms with van der Waals surface area (Å²) in [5.41, 5.74) is 5.18. The molecule has 0 bridgehead atoms. The molecule has 0 unspecified atom stereocenters. The summed E-state index contributed by atoms with van der Waals surface area (Å²) in [7, 11) is 0. The molecule has 0 N–H and O–H groups in total. The third-order valence-corrected chi connectivity index (χ3v) is 10.7. The van der Waals surface area contributed by atoms with Crippen molar-refractivity contribution in [3.8, 4) is 22.3 Å². The average Bonchev–Trinajstić information content (AvgIpc) is 3.16. The molecule has 0 aliphatic carbocycles. The molecule has 0 fully saturated rings. The van der Waals surface area contributed by atoms with E-state index in [1.165, 1.54) is 108 Å². The number of hydrogen-bond acceptors (Lipinski definition) is 0. The fourth-order valence-electron chi connectivity index (χ4n) is 8.73. The lowest BCUT2D eigenvalue weighted by Gasteiger charge is -2.22. The van der Waals surface area contributed by atoms with Crippen molar-refractivity contribution in [3.63, 3.8) is 0 Å².